The summed E-state index contributed by atoms with van der Waals surface area (Å²) in [5.74, 6) is 1.97. The van der Waals surface area contributed by atoms with E-state index in [0.717, 1.165) is 37.5 Å². The van der Waals surface area contributed by atoms with Crippen LogP contribution < -0.4 is 10.6 Å². The van der Waals surface area contributed by atoms with Crippen LogP contribution in [-0.4, -0.2) is 60.3 Å². The minimum atomic E-state index is 0. The summed E-state index contributed by atoms with van der Waals surface area (Å²) in [4.78, 5) is 11.4. The molecule has 1 fully saturated rings. The number of piperidine rings is 1. The third-order valence-electron chi connectivity index (χ3n) is 5.16. The molecule has 0 saturated carbocycles. The number of hydrogen-bond acceptors (Lipinski definition) is 5. The molecule has 2 aromatic rings. The summed E-state index contributed by atoms with van der Waals surface area (Å²) in [6.45, 7) is 6.45. The third-order valence-corrected chi connectivity index (χ3v) is 5.40. The Labute approximate surface area is 201 Å². The van der Waals surface area contributed by atoms with Crippen LogP contribution in [0.25, 0.3) is 11.4 Å². The maximum atomic E-state index is 6.03. The fourth-order valence-electron chi connectivity index (χ4n) is 3.46. The second kappa shape index (κ2) is 13.1. The van der Waals surface area contributed by atoms with Crippen molar-refractivity contribution in [1.29, 1.82) is 0 Å². The van der Waals surface area contributed by atoms with Crippen molar-refractivity contribution in [3.63, 3.8) is 0 Å². The first-order valence-electron chi connectivity index (χ1n) is 10.5. The Hall–Kier alpha value is -1.39. The summed E-state index contributed by atoms with van der Waals surface area (Å²) in [5.41, 5.74) is 0.850. The van der Waals surface area contributed by atoms with Crippen LogP contribution in [0.5, 0.6) is 0 Å². The lowest BCUT2D eigenvalue weighted by molar-refractivity contribution is 0.203. The van der Waals surface area contributed by atoms with Gasteiger partial charge in [0.05, 0.1) is 0 Å². The second-order valence-electron chi connectivity index (χ2n) is 7.38. The molecular formula is C21H32ClIN6O. The van der Waals surface area contributed by atoms with Gasteiger partial charge in [-0.3, -0.25) is 4.99 Å². The van der Waals surface area contributed by atoms with Gasteiger partial charge in [-0.05, 0) is 37.9 Å². The van der Waals surface area contributed by atoms with Gasteiger partial charge in [0.2, 0.25) is 11.7 Å². The Balaban J connectivity index is 0.00000320. The first-order chi connectivity index (χ1) is 14.2. The molecule has 3 rings (SSSR count). The summed E-state index contributed by atoms with van der Waals surface area (Å²) >= 11 is 6.03. The summed E-state index contributed by atoms with van der Waals surface area (Å²) in [6.07, 6.45) is 5.48. The molecule has 0 spiro atoms. The molecule has 2 N–H and O–H groups in total. The highest BCUT2D eigenvalue weighted by atomic mass is 127. The molecule has 30 heavy (non-hydrogen) atoms. The Kier molecular flexibility index (Phi) is 10.9. The van der Waals surface area contributed by atoms with Gasteiger partial charge in [-0.25, -0.2) is 0 Å². The number of hydrogen-bond donors (Lipinski definition) is 2. The van der Waals surface area contributed by atoms with E-state index in [9.17, 15) is 0 Å². The number of nitrogens with zero attached hydrogens (tertiary/aromatic N) is 4. The van der Waals surface area contributed by atoms with E-state index in [-0.39, 0.29) is 24.0 Å². The minimum absolute atomic E-state index is 0. The van der Waals surface area contributed by atoms with Crippen molar-refractivity contribution in [3.8, 4) is 11.4 Å². The van der Waals surface area contributed by atoms with Gasteiger partial charge in [0.15, 0.2) is 5.96 Å². The number of unbranched alkanes of at least 4 members (excludes halogenated alkanes) is 1. The molecule has 0 amide bonds. The molecule has 0 atom stereocenters. The Morgan fingerprint density at radius 1 is 1.33 bits per heavy atom. The van der Waals surface area contributed by atoms with Crippen LogP contribution in [0.4, 0.5) is 0 Å². The van der Waals surface area contributed by atoms with Crippen molar-refractivity contribution in [3.05, 3.63) is 35.2 Å². The van der Waals surface area contributed by atoms with Crippen LogP contribution in [-0.2, 0) is 6.42 Å². The van der Waals surface area contributed by atoms with Gasteiger partial charge < -0.3 is 20.1 Å². The average Bonchev–Trinajstić information content (AvgIpc) is 3.21. The largest absolute Gasteiger partial charge is 0.356 e. The quantitative estimate of drug-likeness (QED) is 0.296. The van der Waals surface area contributed by atoms with Gasteiger partial charge in [-0.2, -0.15) is 4.98 Å². The Morgan fingerprint density at radius 3 is 2.83 bits per heavy atom. The number of guanidine groups is 1. The molecule has 7 nitrogen and oxygen atoms in total. The van der Waals surface area contributed by atoms with E-state index in [0.29, 0.717) is 35.7 Å². The molecule has 1 saturated heterocycles. The molecule has 0 bridgehead atoms. The van der Waals surface area contributed by atoms with Crippen molar-refractivity contribution in [2.45, 2.75) is 45.1 Å². The van der Waals surface area contributed by atoms with E-state index < -0.39 is 0 Å². The van der Waals surface area contributed by atoms with Crippen LogP contribution in [0.1, 0.15) is 38.5 Å². The molecule has 0 radical (unpaired) electrons. The van der Waals surface area contributed by atoms with Crippen LogP contribution >= 0.6 is 35.6 Å². The van der Waals surface area contributed by atoms with Gasteiger partial charge >= 0.3 is 0 Å². The van der Waals surface area contributed by atoms with Gasteiger partial charge in [-0.15, -0.1) is 24.0 Å². The summed E-state index contributed by atoms with van der Waals surface area (Å²) in [7, 11) is 1.80. The fourth-order valence-corrected chi connectivity index (χ4v) is 3.65. The third kappa shape index (κ3) is 7.70. The highest BCUT2D eigenvalue weighted by Crippen LogP contribution is 2.20. The zero-order chi connectivity index (χ0) is 20.5. The van der Waals surface area contributed by atoms with E-state index in [1.807, 2.05) is 24.3 Å². The van der Waals surface area contributed by atoms with Gasteiger partial charge in [0.1, 0.15) is 0 Å². The number of likely N-dealkylation sites (tertiary alicyclic amines) is 1. The highest BCUT2D eigenvalue weighted by Gasteiger charge is 2.19. The lowest BCUT2D eigenvalue weighted by Gasteiger charge is -2.33. The molecule has 9 heteroatoms. The molecule has 0 aliphatic carbocycles. The van der Waals surface area contributed by atoms with Crippen molar-refractivity contribution < 1.29 is 4.52 Å². The number of nitrogens with one attached hydrogen (secondary N) is 2. The van der Waals surface area contributed by atoms with E-state index in [2.05, 4.69) is 37.6 Å². The lowest BCUT2D eigenvalue weighted by Crippen LogP contribution is -2.49. The average molecular weight is 547 g/mol. The first kappa shape index (κ1) is 24.9. The van der Waals surface area contributed by atoms with Crippen LogP contribution in [0.2, 0.25) is 5.02 Å². The normalized spacial score (nSPS) is 15.6. The topological polar surface area (TPSA) is 78.6 Å². The first-order valence-corrected chi connectivity index (χ1v) is 10.8. The Morgan fingerprint density at radius 2 is 2.13 bits per heavy atom. The standard InChI is InChI=1S/C21H31ClN6O.HI/c1-3-4-12-28-13-9-18(10-14-28)25-21(23-2)24-11-8-19-26-20(27-29-19)16-6-5-7-17(22)15-16;/h5-7,15,18H,3-4,8-14H2,1-2H3,(H2,23,24,25);1H. The number of rotatable bonds is 8. The molecule has 0 unspecified atom stereocenters. The van der Waals surface area contributed by atoms with Gasteiger partial charge in [-0.1, -0.05) is 42.2 Å². The molecule has 1 aliphatic rings. The highest BCUT2D eigenvalue weighted by molar-refractivity contribution is 14.0. The number of aromatic nitrogens is 2. The lowest BCUT2D eigenvalue weighted by atomic mass is 10.0. The van der Waals surface area contributed by atoms with Crippen LogP contribution in [0, 0.1) is 0 Å². The molecule has 1 aromatic carbocycles. The second-order valence-corrected chi connectivity index (χ2v) is 7.82. The maximum Gasteiger partial charge on any atom is 0.228 e. The predicted octanol–water partition coefficient (Wildman–Crippen LogP) is 3.98. The predicted molar refractivity (Wildman–Crippen MR) is 133 cm³/mol. The van der Waals surface area contributed by atoms with E-state index in [4.69, 9.17) is 16.1 Å². The summed E-state index contributed by atoms with van der Waals surface area (Å²) < 4.78 is 5.36. The van der Waals surface area contributed by atoms with Crippen LogP contribution in [0.15, 0.2) is 33.8 Å². The molecule has 166 valence electrons. The molecular weight excluding hydrogens is 515 g/mol. The smallest absolute Gasteiger partial charge is 0.228 e. The zero-order valence-electron chi connectivity index (χ0n) is 17.7. The zero-order valence-corrected chi connectivity index (χ0v) is 20.8. The van der Waals surface area contributed by atoms with Crippen LogP contribution in [0.3, 0.4) is 0 Å². The number of benzene rings is 1. The maximum absolute atomic E-state index is 6.03. The molecule has 2 heterocycles. The van der Waals surface area contributed by atoms with E-state index in [1.54, 1.807) is 7.05 Å². The van der Waals surface area contributed by atoms with E-state index >= 15 is 0 Å². The van der Waals surface area contributed by atoms with Crippen molar-refractivity contribution in [2.24, 2.45) is 4.99 Å². The van der Waals surface area contributed by atoms with E-state index in [1.165, 1.54) is 19.4 Å². The summed E-state index contributed by atoms with van der Waals surface area (Å²) in [6, 6.07) is 7.91. The van der Waals surface area contributed by atoms with Gasteiger partial charge in [0.25, 0.3) is 0 Å². The monoisotopic (exact) mass is 546 g/mol. The van der Waals surface area contributed by atoms with Crippen molar-refractivity contribution in [1.82, 2.24) is 25.7 Å². The SMILES string of the molecule is CCCCN1CCC(NC(=NC)NCCc2nc(-c3cccc(Cl)c3)no2)CC1.I. The van der Waals surface area contributed by atoms with Crippen molar-refractivity contribution >= 4 is 41.5 Å². The minimum Gasteiger partial charge on any atom is -0.356 e. The molecule has 1 aliphatic heterocycles. The summed E-state index contributed by atoms with van der Waals surface area (Å²) in [5, 5.41) is 11.6. The molecule has 1 aromatic heterocycles. The van der Waals surface area contributed by atoms with Crippen molar-refractivity contribution in [2.75, 3.05) is 33.2 Å². The van der Waals surface area contributed by atoms with Gasteiger partial charge in [0, 0.05) is 49.7 Å². The number of halogens is 2. The fraction of sp³-hybridized carbons (Fsp3) is 0.571. The number of aliphatic imine (C=N–C) groups is 1. The Bertz CT molecular complexity index is 791.